The zero-order chi connectivity index (χ0) is 35.8. The lowest BCUT2D eigenvalue weighted by Crippen LogP contribution is -2.57. The lowest BCUT2D eigenvalue weighted by molar-refractivity contribution is -0.142. The summed E-state index contributed by atoms with van der Waals surface area (Å²) in [4.78, 5) is 51.4. The Morgan fingerprint density at radius 2 is 1.57 bits per heavy atom. The Kier molecular flexibility index (Phi) is 11.8. The number of halogens is 2. The van der Waals surface area contributed by atoms with Crippen molar-refractivity contribution in [2.45, 2.75) is 62.0 Å². The summed E-state index contributed by atoms with van der Waals surface area (Å²) in [5.74, 6) is -4.00. The highest BCUT2D eigenvalue weighted by Gasteiger charge is 2.49. The molecule has 3 amide bonds. The molecule has 0 unspecified atom stereocenters. The molecule has 10 nitrogen and oxygen atoms in total. The highest BCUT2D eigenvalue weighted by Crippen LogP contribution is 2.46. The van der Waals surface area contributed by atoms with Crippen LogP contribution in [-0.4, -0.2) is 64.1 Å². The van der Waals surface area contributed by atoms with Gasteiger partial charge in [-0.25, -0.2) is 13.6 Å². The van der Waals surface area contributed by atoms with Crippen LogP contribution in [0.3, 0.4) is 0 Å². The van der Waals surface area contributed by atoms with Crippen LogP contribution in [0.2, 0.25) is 0 Å². The van der Waals surface area contributed by atoms with E-state index in [-0.39, 0.29) is 18.1 Å². The van der Waals surface area contributed by atoms with E-state index in [1.54, 1.807) is 29.2 Å². The van der Waals surface area contributed by atoms with E-state index in [4.69, 9.17) is 6.11 Å². The number of ether oxygens (including phenoxy) is 1. The Balaban J connectivity index is 1.15. The van der Waals surface area contributed by atoms with Crippen LogP contribution in [0.4, 0.5) is 14.5 Å². The molecule has 13 heteroatoms. The first-order valence-corrected chi connectivity index (χ1v) is 17.1. The zero-order valence-corrected chi connectivity index (χ0v) is 27.5. The van der Waals surface area contributed by atoms with Crippen LogP contribution >= 0.6 is 11.8 Å². The lowest BCUT2D eigenvalue weighted by atomic mass is 9.85. The van der Waals surface area contributed by atoms with Gasteiger partial charge in [-0.3, -0.25) is 14.4 Å². The number of carboxylic acids is 1. The summed E-state index contributed by atoms with van der Waals surface area (Å²) in [5, 5.41) is 24.5. The van der Waals surface area contributed by atoms with Crippen LogP contribution in [0.5, 0.6) is 5.75 Å². The second kappa shape index (κ2) is 16.8. The smallest absolute Gasteiger partial charge is 0.326 e. The molecule has 1 heterocycles. The van der Waals surface area contributed by atoms with Crippen molar-refractivity contribution in [3.8, 4) is 5.75 Å². The lowest BCUT2D eigenvalue weighted by Gasteiger charge is -2.47. The van der Waals surface area contributed by atoms with Crippen molar-refractivity contribution in [1.82, 2.24) is 10.6 Å². The van der Waals surface area contributed by atoms with Crippen molar-refractivity contribution in [3.63, 3.8) is 0 Å². The minimum Gasteiger partial charge on any atom is -0.484 e. The van der Waals surface area contributed by atoms with E-state index >= 15 is 0 Å². The van der Waals surface area contributed by atoms with Crippen LogP contribution in [-0.2, 0) is 19.2 Å². The number of aliphatic hydroxyl groups excluding tert-OH is 1. The van der Waals surface area contributed by atoms with Gasteiger partial charge in [-0.05, 0) is 72.0 Å². The summed E-state index contributed by atoms with van der Waals surface area (Å²) in [6.07, 6.45) is 2.93. The maximum absolute atomic E-state index is 13.6. The van der Waals surface area contributed by atoms with Crippen molar-refractivity contribution >= 4 is 41.1 Å². The topological polar surface area (TPSA) is 145 Å². The summed E-state index contributed by atoms with van der Waals surface area (Å²) in [7, 11) is 0. The normalized spacial score (nSPS) is 19.9. The molecule has 0 spiro atoms. The molecule has 2 fully saturated rings. The molecule has 4 atom stereocenters. The maximum atomic E-state index is 13.6. The molecular formula is C36H39F2N3O7S. The number of hydrogen-bond acceptors (Lipinski definition) is 7. The van der Waals surface area contributed by atoms with Gasteiger partial charge in [0.1, 0.15) is 28.7 Å². The van der Waals surface area contributed by atoms with Crippen molar-refractivity contribution in [2.75, 3.05) is 23.8 Å². The van der Waals surface area contributed by atoms with Crippen LogP contribution in [0.25, 0.3) is 0 Å². The first-order valence-electron chi connectivity index (χ1n) is 16.6. The van der Waals surface area contributed by atoms with Crippen molar-refractivity contribution in [2.24, 2.45) is 5.89 Å². The standard InChI is InChI=1S/C36H39F2N3O7S/c37-25-10-6-23(7-11-25)30(42)21-49-34-33(41(35(34)45)27-14-12-26(38)13-15-27)24-8-16-28(17-9-24)48-20-32(44)39-19-31(43)40-29(36(46)47)18-22-4-2-1-3-5-22/h6-17,22,29-30,33-34,42H,1-5,18-21H2,(H,39,44)(H,40,43)(H,46,47)/t29-,30+,33+,34+/m0/s1/i22D. The predicted octanol–water partition coefficient (Wildman–Crippen LogP) is 4.92. The van der Waals surface area contributed by atoms with E-state index in [0.29, 0.717) is 29.8 Å². The number of carbonyl (C=O) groups excluding carboxylic acids is 3. The molecule has 1 aliphatic carbocycles. The van der Waals surface area contributed by atoms with E-state index < -0.39 is 71.9 Å². The fourth-order valence-corrected chi connectivity index (χ4v) is 7.24. The number of aliphatic hydroxyl groups is 1. The molecule has 3 aromatic rings. The minimum atomic E-state index is -1.23. The zero-order valence-electron chi connectivity index (χ0n) is 27.6. The highest BCUT2D eigenvalue weighted by atomic mass is 32.2. The third kappa shape index (κ3) is 9.57. The first kappa shape index (κ1) is 34.4. The number of β-lactam (4-membered cyclic amide) rings is 1. The number of benzene rings is 3. The molecule has 0 bridgehead atoms. The van der Waals surface area contributed by atoms with Gasteiger partial charge in [0.25, 0.3) is 5.91 Å². The number of thioether (sulfide) groups is 1. The van der Waals surface area contributed by atoms with Gasteiger partial charge in [-0.2, -0.15) is 0 Å². The van der Waals surface area contributed by atoms with Crippen molar-refractivity contribution in [1.29, 1.82) is 0 Å². The monoisotopic (exact) mass is 696 g/mol. The molecule has 1 saturated carbocycles. The van der Waals surface area contributed by atoms with Gasteiger partial charge in [0.2, 0.25) is 11.8 Å². The van der Waals surface area contributed by atoms with Crippen LogP contribution in [0.15, 0.2) is 72.8 Å². The molecule has 49 heavy (non-hydrogen) atoms. The Bertz CT molecular complexity index is 1660. The number of carbonyl (C=O) groups is 4. The number of nitrogens with one attached hydrogen (secondary N) is 2. The van der Waals surface area contributed by atoms with Gasteiger partial charge >= 0.3 is 5.97 Å². The summed E-state index contributed by atoms with van der Waals surface area (Å²) >= 11 is 1.25. The van der Waals surface area contributed by atoms with Gasteiger partial charge in [-0.15, -0.1) is 11.8 Å². The Hall–Kier alpha value is -4.49. The van der Waals surface area contributed by atoms with E-state index in [0.717, 1.165) is 24.8 Å². The number of rotatable bonds is 15. The molecule has 5 rings (SSSR count). The quantitative estimate of drug-likeness (QED) is 0.164. The van der Waals surface area contributed by atoms with E-state index in [9.17, 15) is 38.2 Å². The summed E-state index contributed by atoms with van der Waals surface area (Å²) in [6.45, 7) is -0.881. The fourth-order valence-electron chi connectivity index (χ4n) is 5.94. The average molecular weight is 697 g/mol. The van der Waals surface area contributed by atoms with E-state index in [2.05, 4.69) is 10.6 Å². The molecule has 0 aromatic heterocycles. The first-order chi connectivity index (χ1) is 23.9. The van der Waals surface area contributed by atoms with Crippen LogP contribution in [0.1, 0.15) is 63.2 Å². The van der Waals surface area contributed by atoms with E-state index in [1.807, 2.05) is 0 Å². The Morgan fingerprint density at radius 1 is 0.939 bits per heavy atom. The highest BCUT2D eigenvalue weighted by molar-refractivity contribution is 8.00. The number of aliphatic carboxylic acids is 1. The maximum Gasteiger partial charge on any atom is 0.326 e. The van der Waals surface area contributed by atoms with Gasteiger partial charge in [0.05, 0.1) is 18.7 Å². The second-order valence-electron chi connectivity index (χ2n) is 12.1. The summed E-state index contributed by atoms with van der Waals surface area (Å²) in [6, 6.07) is 16.0. The number of amides is 3. The van der Waals surface area contributed by atoms with E-state index in [1.165, 1.54) is 60.3 Å². The SMILES string of the molecule is [2H]C1(C[C@H](NC(=O)CNC(=O)COc2ccc([C@@H]3[C@@H](SC[C@@H](O)c4ccc(F)cc4)C(=O)N3c3ccc(F)cc3)cc2)C(=O)O)CCCCC1. The third-order valence-electron chi connectivity index (χ3n) is 8.56. The van der Waals surface area contributed by atoms with Gasteiger partial charge in [0, 0.05) is 12.8 Å². The molecule has 3 aromatic carbocycles. The molecule has 4 N–H and O–H groups in total. The molecular weight excluding hydrogens is 656 g/mol. The summed E-state index contributed by atoms with van der Waals surface area (Å²) < 4.78 is 41.1. The summed E-state index contributed by atoms with van der Waals surface area (Å²) in [5.41, 5.74) is 1.75. The molecule has 260 valence electrons. The molecule has 1 saturated heterocycles. The van der Waals surface area contributed by atoms with Gasteiger partial charge < -0.3 is 30.5 Å². The Morgan fingerprint density at radius 3 is 2.20 bits per heavy atom. The Labute approximate surface area is 288 Å². The number of carboxylic acid groups (broad SMARTS) is 1. The van der Waals surface area contributed by atoms with Crippen molar-refractivity contribution < 1.29 is 44.3 Å². The molecule has 1 aliphatic heterocycles. The van der Waals surface area contributed by atoms with Gasteiger partial charge in [0.15, 0.2) is 6.61 Å². The number of hydrogen-bond donors (Lipinski definition) is 4. The van der Waals surface area contributed by atoms with Crippen LogP contribution in [0, 0.1) is 17.5 Å². The number of anilines is 1. The molecule has 2 aliphatic rings. The number of nitrogens with zero attached hydrogens (tertiary/aromatic N) is 1. The fraction of sp³-hybridized carbons (Fsp3) is 0.389. The predicted molar refractivity (Wildman–Crippen MR) is 180 cm³/mol. The average Bonchev–Trinajstić information content (AvgIpc) is 3.10. The van der Waals surface area contributed by atoms with Crippen LogP contribution < -0.4 is 20.3 Å². The third-order valence-corrected chi connectivity index (χ3v) is 9.89. The van der Waals surface area contributed by atoms with Gasteiger partial charge in [-0.1, -0.05) is 56.4 Å². The minimum absolute atomic E-state index is 0.00477. The second-order valence-corrected chi connectivity index (χ2v) is 13.2. The molecule has 0 radical (unpaired) electrons. The largest absolute Gasteiger partial charge is 0.484 e. The van der Waals surface area contributed by atoms with Crippen molar-refractivity contribution in [3.05, 3.63) is 95.6 Å².